The number of hydrogen-bond acceptors (Lipinski definition) is 5. The second-order valence-corrected chi connectivity index (χ2v) is 5.63. The molecule has 0 atom stereocenters. The number of benzene rings is 1. The minimum atomic E-state index is -0.712. The lowest BCUT2D eigenvalue weighted by Gasteiger charge is -2.14. The maximum absolute atomic E-state index is 12.0. The molecule has 1 aliphatic rings. The number of carbonyl (C=O) groups excluding carboxylic acids is 1. The van der Waals surface area contributed by atoms with E-state index in [0.29, 0.717) is 23.8 Å². The molecule has 6 heteroatoms. The van der Waals surface area contributed by atoms with Gasteiger partial charge in [-0.25, -0.2) is 0 Å². The number of pyridine rings is 1. The Morgan fingerprint density at radius 1 is 1.35 bits per heavy atom. The zero-order valence-corrected chi connectivity index (χ0v) is 12.9. The molecular weight excluding hydrogens is 294 g/mol. The second-order valence-electron chi connectivity index (χ2n) is 5.63. The number of anilines is 1. The molecule has 0 unspecified atom stereocenters. The fourth-order valence-electron chi connectivity index (χ4n) is 2.13. The van der Waals surface area contributed by atoms with E-state index in [1.54, 1.807) is 37.7 Å². The highest BCUT2D eigenvalue weighted by atomic mass is 16.5. The molecule has 120 valence electrons. The van der Waals surface area contributed by atoms with Gasteiger partial charge < -0.3 is 20.5 Å². The lowest BCUT2D eigenvalue weighted by Crippen LogP contribution is -2.37. The molecule has 2 aromatic rings. The van der Waals surface area contributed by atoms with Crippen molar-refractivity contribution < 1.29 is 14.3 Å². The molecule has 1 saturated carbocycles. The molecule has 1 aromatic heterocycles. The van der Waals surface area contributed by atoms with Crippen molar-refractivity contribution in [2.75, 3.05) is 12.4 Å². The molecule has 0 radical (unpaired) electrons. The van der Waals surface area contributed by atoms with E-state index < -0.39 is 5.54 Å². The zero-order valence-electron chi connectivity index (χ0n) is 12.9. The third-order valence-corrected chi connectivity index (χ3v) is 3.78. The molecule has 1 heterocycles. The average molecular weight is 313 g/mol. The molecule has 6 nitrogen and oxygen atoms in total. The van der Waals surface area contributed by atoms with E-state index in [1.165, 1.54) is 0 Å². The van der Waals surface area contributed by atoms with Crippen LogP contribution in [-0.4, -0.2) is 23.5 Å². The van der Waals surface area contributed by atoms with Gasteiger partial charge in [-0.3, -0.25) is 9.78 Å². The summed E-state index contributed by atoms with van der Waals surface area (Å²) in [6.45, 7) is 0.364. The molecule has 1 aliphatic carbocycles. The van der Waals surface area contributed by atoms with Gasteiger partial charge in [0.1, 0.15) is 6.61 Å². The largest absolute Gasteiger partial charge is 0.493 e. The quantitative estimate of drug-likeness (QED) is 0.853. The van der Waals surface area contributed by atoms with Crippen LogP contribution < -0.4 is 20.5 Å². The number of carbonyl (C=O) groups is 1. The van der Waals surface area contributed by atoms with Crippen LogP contribution in [0.2, 0.25) is 0 Å². The van der Waals surface area contributed by atoms with Gasteiger partial charge in [0.15, 0.2) is 11.5 Å². The van der Waals surface area contributed by atoms with E-state index in [4.69, 9.17) is 15.2 Å². The van der Waals surface area contributed by atoms with Crippen LogP contribution in [0.15, 0.2) is 42.7 Å². The van der Waals surface area contributed by atoms with Gasteiger partial charge in [0.05, 0.1) is 12.6 Å². The maximum Gasteiger partial charge on any atom is 0.244 e. The number of nitrogens with two attached hydrogens (primary N) is 1. The lowest BCUT2D eigenvalue weighted by atomic mass is 10.2. The van der Waals surface area contributed by atoms with E-state index >= 15 is 0 Å². The van der Waals surface area contributed by atoms with Crippen molar-refractivity contribution in [2.24, 2.45) is 5.73 Å². The summed E-state index contributed by atoms with van der Waals surface area (Å²) in [5.41, 5.74) is 6.76. The molecule has 1 aromatic carbocycles. The Labute approximate surface area is 134 Å². The fourth-order valence-corrected chi connectivity index (χ4v) is 2.13. The molecule has 0 saturated heterocycles. The van der Waals surface area contributed by atoms with E-state index in [2.05, 4.69) is 10.3 Å². The summed E-state index contributed by atoms with van der Waals surface area (Å²) in [6, 6.07) is 9.03. The van der Waals surface area contributed by atoms with Gasteiger partial charge in [0, 0.05) is 29.7 Å². The van der Waals surface area contributed by atoms with Crippen LogP contribution in [0.1, 0.15) is 18.4 Å². The first-order valence-electron chi connectivity index (χ1n) is 7.41. The summed E-state index contributed by atoms with van der Waals surface area (Å²) < 4.78 is 11.1. The summed E-state index contributed by atoms with van der Waals surface area (Å²) in [6.07, 6.45) is 4.89. The highest BCUT2D eigenvalue weighted by Crippen LogP contribution is 2.35. The normalized spacial score (nSPS) is 14.9. The van der Waals surface area contributed by atoms with Gasteiger partial charge in [-0.1, -0.05) is 6.07 Å². The summed E-state index contributed by atoms with van der Waals surface area (Å²) in [5, 5.41) is 2.82. The number of nitrogens with zero attached hydrogens (tertiary/aromatic N) is 1. The first-order chi connectivity index (χ1) is 11.1. The van der Waals surface area contributed by atoms with E-state index in [0.717, 1.165) is 18.4 Å². The van der Waals surface area contributed by atoms with Crippen LogP contribution in [0, 0.1) is 0 Å². The Morgan fingerprint density at radius 3 is 2.83 bits per heavy atom. The molecule has 1 fully saturated rings. The minimum Gasteiger partial charge on any atom is -0.493 e. The summed E-state index contributed by atoms with van der Waals surface area (Å²) in [4.78, 5) is 16.1. The first kappa shape index (κ1) is 15.3. The van der Waals surface area contributed by atoms with Gasteiger partial charge in [-0.15, -0.1) is 0 Å². The second kappa shape index (κ2) is 6.26. The van der Waals surface area contributed by atoms with Crippen LogP contribution in [0.3, 0.4) is 0 Å². The Hall–Kier alpha value is -2.60. The minimum absolute atomic E-state index is 0.166. The average Bonchev–Trinajstić information content (AvgIpc) is 3.33. The highest BCUT2D eigenvalue weighted by molar-refractivity contribution is 6.00. The number of ether oxygens (including phenoxy) is 2. The monoisotopic (exact) mass is 313 g/mol. The smallest absolute Gasteiger partial charge is 0.244 e. The third kappa shape index (κ3) is 3.60. The fraction of sp³-hybridized carbons (Fsp3) is 0.294. The van der Waals surface area contributed by atoms with Crippen molar-refractivity contribution in [1.29, 1.82) is 0 Å². The molecular formula is C17H19N3O3. The Morgan fingerprint density at radius 2 is 2.17 bits per heavy atom. The molecule has 0 aliphatic heterocycles. The summed E-state index contributed by atoms with van der Waals surface area (Å²) >= 11 is 0. The van der Waals surface area contributed by atoms with Crippen LogP contribution >= 0.6 is 0 Å². The first-order valence-corrected chi connectivity index (χ1v) is 7.41. The third-order valence-electron chi connectivity index (χ3n) is 3.78. The van der Waals surface area contributed by atoms with Crippen molar-refractivity contribution in [3.05, 3.63) is 48.3 Å². The Balaban J connectivity index is 1.72. The molecule has 3 N–H and O–H groups in total. The Kier molecular flexibility index (Phi) is 4.16. The zero-order chi connectivity index (χ0) is 16.3. The molecule has 0 bridgehead atoms. The van der Waals surface area contributed by atoms with Crippen LogP contribution in [0.4, 0.5) is 5.69 Å². The Bertz CT molecular complexity index is 699. The topological polar surface area (TPSA) is 86.5 Å². The van der Waals surface area contributed by atoms with Gasteiger partial charge in [-0.2, -0.15) is 0 Å². The van der Waals surface area contributed by atoms with Crippen molar-refractivity contribution in [1.82, 2.24) is 4.98 Å². The van der Waals surface area contributed by atoms with Crippen LogP contribution in [0.25, 0.3) is 0 Å². The van der Waals surface area contributed by atoms with Crippen LogP contribution in [0.5, 0.6) is 11.5 Å². The number of aromatic nitrogens is 1. The number of methoxy groups -OCH3 is 1. The summed E-state index contributed by atoms with van der Waals surface area (Å²) in [5.74, 6) is 0.984. The van der Waals surface area contributed by atoms with Gasteiger partial charge in [0.25, 0.3) is 0 Å². The molecule has 23 heavy (non-hydrogen) atoms. The van der Waals surface area contributed by atoms with E-state index in [9.17, 15) is 4.79 Å². The van der Waals surface area contributed by atoms with Crippen molar-refractivity contribution >= 4 is 11.6 Å². The molecule has 0 spiro atoms. The predicted molar refractivity (Wildman–Crippen MR) is 86.3 cm³/mol. The highest BCUT2D eigenvalue weighted by Gasteiger charge is 2.45. The number of rotatable bonds is 6. The number of nitrogens with one attached hydrogen (secondary N) is 1. The van der Waals surface area contributed by atoms with E-state index in [-0.39, 0.29) is 5.91 Å². The van der Waals surface area contributed by atoms with E-state index in [1.807, 2.05) is 12.1 Å². The number of amides is 1. The van der Waals surface area contributed by atoms with Crippen LogP contribution in [-0.2, 0) is 11.4 Å². The standard InChI is InChI=1S/C17H19N3O3/c1-22-14-5-4-13(20-16(21)17(18)6-7-17)9-15(14)23-11-12-3-2-8-19-10-12/h2-5,8-10H,6-7,11,18H2,1H3,(H,20,21). The van der Waals surface area contributed by atoms with Gasteiger partial charge >= 0.3 is 0 Å². The number of hydrogen-bond donors (Lipinski definition) is 2. The SMILES string of the molecule is COc1ccc(NC(=O)C2(N)CC2)cc1OCc1cccnc1. The van der Waals surface area contributed by atoms with Crippen molar-refractivity contribution in [2.45, 2.75) is 25.0 Å². The van der Waals surface area contributed by atoms with Gasteiger partial charge in [0.2, 0.25) is 5.91 Å². The maximum atomic E-state index is 12.0. The predicted octanol–water partition coefficient (Wildman–Crippen LogP) is 2.10. The van der Waals surface area contributed by atoms with Crippen molar-refractivity contribution in [3.63, 3.8) is 0 Å². The van der Waals surface area contributed by atoms with Gasteiger partial charge in [-0.05, 0) is 31.0 Å². The summed E-state index contributed by atoms with van der Waals surface area (Å²) in [7, 11) is 1.57. The molecule has 3 rings (SSSR count). The van der Waals surface area contributed by atoms with Crippen molar-refractivity contribution in [3.8, 4) is 11.5 Å². The molecule has 1 amide bonds. The lowest BCUT2D eigenvalue weighted by molar-refractivity contribution is -0.118.